The highest BCUT2D eigenvalue weighted by Crippen LogP contribution is 2.34. The van der Waals surface area contributed by atoms with Gasteiger partial charge in [-0.05, 0) is 17.7 Å². The molecular formula is C22H26N2O5. The summed E-state index contributed by atoms with van der Waals surface area (Å²) in [4.78, 5) is 26.4. The molecule has 0 saturated carbocycles. The lowest BCUT2D eigenvalue weighted by molar-refractivity contribution is -0.145. The van der Waals surface area contributed by atoms with Crippen LogP contribution in [0.25, 0.3) is 0 Å². The Hall–Kier alpha value is -3.06. The molecule has 0 saturated heterocycles. The summed E-state index contributed by atoms with van der Waals surface area (Å²) >= 11 is 0. The lowest BCUT2D eigenvalue weighted by Crippen LogP contribution is -2.34. The van der Waals surface area contributed by atoms with E-state index in [-0.39, 0.29) is 24.6 Å². The van der Waals surface area contributed by atoms with Crippen molar-refractivity contribution in [1.82, 2.24) is 4.90 Å². The summed E-state index contributed by atoms with van der Waals surface area (Å²) in [5.41, 5.74) is 1.79. The number of rotatable bonds is 9. The lowest BCUT2D eigenvalue weighted by atomic mass is 10.1. The molecule has 1 N–H and O–H groups in total. The minimum Gasteiger partial charge on any atom is -0.469 e. The van der Waals surface area contributed by atoms with Crippen molar-refractivity contribution in [2.24, 2.45) is 5.92 Å². The molecule has 0 aliphatic carbocycles. The number of ether oxygens (including phenoxy) is 3. The second-order valence-corrected chi connectivity index (χ2v) is 7.01. The molecule has 1 atom stereocenters. The van der Waals surface area contributed by atoms with Gasteiger partial charge in [0, 0.05) is 37.8 Å². The van der Waals surface area contributed by atoms with E-state index in [0.717, 1.165) is 5.56 Å². The minimum absolute atomic E-state index is 0.104. The number of anilines is 1. The number of nitrogens with zero attached hydrogens (tertiary/aromatic N) is 1. The molecule has 2 aromatic carbocycles. The molecule has 3 rings (SSSR count). The number of nitrogens with one attached hydrogen (secondary N) is 1. The van der Waals surface area contributed by atoms with Crippen LogP contribution in [0.15, 0.2) is 48.5 Å². The summed E-state index contributed by atoms with van der Waals surface area (Å²) in [5.74, 6) is 0.662. The van der Waals surface area contributed by atoms with Gasteiger partial charge in [0.15, 0.2) is 11.5 Å². The molecule has 0 radical (unpaired) electrons. The molecule has 1 unspecified atom stereocenters. The van der Waals surface area contributed by atoms with Crippen LogP contribution in [0.2, 0.25) is 0 Å². The maximum absolute atomic E-state index is 12.4. The topological polar surface area (TPSA) is 77.1 Å². The zero-order chi connectivity index (χ0) is 20.6. The predicted octanol–water partition coefficient (Wildman–Crippen LogP) is 3.06. The molecule has 29 heavy (non-hydrogen) atoms. The first-order chi connectivity index (χ1) is 14.0. The molecule has 1 amide bonds. The molecule has 0 aromatic heterocycles. The van der Waals surface area contributed by atoms with Gasteiger partial charge in [0.2, 0.25) is 12.7 Å². The molecule has 154 valence electrons. The fraction of sp³-hybridized carbons (Fsp3) is 0.364. The highest BCUT2D eigenvalue weighted by Gasteiger charge is 2.19. The first-order valence-electron chi connectivity index (χ1n) is 9.59. The zero-order valence-corrected chi connectivity index (χ0v) is 16.7. The average Bonchev–Trinajstić information content (AvgIpc) is 3.20. The Morgan fingerprint density at radius 1 is 1.14 bits per heavy atom. The summed E-state index contributed by atoms with van der Waals surface area (Å²) in [6.07, 6.45) is 0.301. The van der Waals surface area contributed by atoms with Gasteiger partial charge in [-0.1, -0.05) is 37.3 Å². The van der Waals surface area contributed by atoms with Crippen molar-refractivity contribution < 1.29 is 23.8 Å². The quantitative estimate of drug-likeness (QED) is 0.654. The third-order valence-corrected chi connectivity index (χ3v) is 4.70. The molecule has 1 heterocycles. The van der Waals surface area contributed by atoms with Crippen LogP contribution in [0.3, 0.4) is 0 Å². The number of carbonyl (C=O) groups excluding carboxylic acids is 2. The van der Waals surface area contributed by atoms with Gasteiger partial charge in [-0.25, -0.2) is 0 Å². The largest absolute Gasteiger partial charge is 0.469 e. The number of hydrogen-bond acceptors (Lipinski definition) is 6. The second-order valence-electron chi connectivity index (χ2n) is 7.01. The summed E-state index contributed by atoms with van der Waals surface area (Å²) in [6, 6.07) is 15.3. The van der Waals surface area contributed by atoms with Crippen LogP contribution in [-0.2, 0) is 20.9 Å². The van der Waals surface area contributed by atoms with Crippen molar-refractivity contribution in [3.63, 3.8) is 0 Å². The van der Waals surface area contributed by atoms with E-state index in [2.05, 4.69) is 10.2 Å². The average molecular weight is 398 g/mol. The molecule has 2 aromatic rings. The van der Waals surface area contributed by atoms with Gasteiger partial charge < -0.3 is 19.5 Å². The minimum atomic E-state index is -0.277. The fourth-order valence-electron chi connectivity index (χ4n) is 3.20. The first kappa shape index (κ1) is 20.7. The van der Waals surface area contributed by atoms with Gasteiger partial charge in [0.05, 0.1) is 13.0 Å². The molecular weight excluding hydrogens is 372 g/mol. The fourth-order valence-corrected chi connectivity index (χ4v) is 3.20. The van der Waals surface area contributed by atoms with E-state index in [1.165, 1.54) is 7.11 Å². The Labute approximate surface area is 170 Å². The predicted molar refractivity (Wildman–Crippen MR) is 109 cm³/mol. The number of methoxy groups -OCH3 is 1. The standard InChI is InChI=1S/C22H26N2O5/c1-16(22(26)27-2)13-24(14-17-6-4-3-5-7-17)11-10-21(25)23-18-8-9-19-20(12-18)29-15-28-19/h3-9,12,16H,10-11,13-15H2,1-2H3,(H,23,25). The molecule has 7 heteroatoms. The van der Waals surface area contributed by atoms with E-state index in [1.54, 1.807) is 18.2 Å². The van der Waals surface area contributed by atoms with Crippen LogP contribution in [0, 0.1) is 5.92 Å². The van der Waals surface area contributed by atoms with Crippen molar-refractivity contribution in [1.29, 1.82) is 0 Å². The van der Waals surface area contributed by atoms with E-state index < -0.39 is 0 Å². The zero-order valence-electron chi connectivity index (χ0n) is 16.7. The van der Waals surface area contributed by atoms with Gasteiger partial charge in [-0.3, -0.25) is 14.5 Å². The van der Waals surface area contributed by atoms with Crippen LogP contribution >= 0.6 is 0 Å². The van der Waals surface area contributed by atoms with Crippen molar-refractivity contribution in [3.8, 4) is 11.5 Å². The highest BCUT2D eigenvalue weighted by atomic mass is 16.7. The third kappa shape index (κ3) is 5.96. The number of benzene rings is 2. The normalized spacial score (nSPS) is 13.2. The Kier molecular flexibility index (Phi) is 7.08. The monoisotopic (exact) mass is 398 g/mol. The molecule has 0 spiro atoms. The summed E-state index contributed by atoms with van der Waals surface area (Å²) in [6.45, 7) is 3.71. The van der Waals surface area contributed by atoms with Gasteiger partial charge in [0.1, 0.15) is 0 Å². The van der Waals surface area contributed by atoms with Gasteiger partial charge in [-0.2, -0.15) is 0 Å². The van der Waals surface area contributed by atoms with Crippen LogP contribution in [0.1, 0.15) is 18.9 Å². The second kappa shape index (κ2) is 9.93. The number of fused-ring (bicyclic) bond motifs is 1. The molecule has 1 aliphatic heterocycles. The lowest BCUT2D eigenvalue weighted by Gasteiger charge is -2.24. The van der Waals surface area contributed by atoms with Gasteiger partial charge in [0.25, 0.3) is 0 Å². The molecule has 0 bridgehead atoms. The van der Waals surface area contributed by atoms with E-state index in [4.69, 9.17) is 14.2 Å². The van der Waals surface area contributed by atoms with E-state index in [9.17, 15) is 9.59 Å². The third-order valence-electron chi connectivity index (χ3n) is 4.70. The van der Waals surface area contributed by atoms with Crippen molar-refractivity contribution >= 4 is 17.6 Å². The first-order valence-corrected chi connectivity index (χ1v) is 9.59. The van der Waals surface area contributed by atoms with E-state index in [1.807, 2.05) is 37.3 Å². The SMILES string of the molecule is COC(=O)C(C)CN(CCC(=O)Nc1ccc2c(c1)OCO2)Cc1ccccc1. The number of esters is 1. The van der Waals surface area contributed by atoms with Gasteiger partial charge >= 0.3 is 5.97 Å². The van der Waals surface area contributed by atoms with Gasteiger partial charge in [-0.15, -0.1) is 0 Å². The Morgan fingerprint density at radius 3 is 2.66 bits per heavy atom. The van der Waals surface area contributed by atoms with Crippen molar-refractivity contribution in [2.75, 3.05) is 32.3 Å². The van der Waals surface area contributed by atoms with Crippen molar-refractivity contribution in [2.45, 2.75) is 19.9 Å². The van der Waals surface area contributed by atoms with Crippen LogP contribution in [0.4, 0.5) is 5.69 Å². The van der Waals surface area contributed by atoms with E-state index in [0.29, 0.717) is 43.2 Å². The Morgan fingerprint density at radius 2 is 1.90 bits per heavy atom. The van der Waals surface area contributed by atoms with Crippen LogP contribution in [-0.4, -0.2) is 43.8 Å². The Balaban J connectivity index is 1.57. The van der Waals surface area contributed by atoms with Crippen LogP contribution in [0.5, 0.6) is 11.5 Å². The van der Waals surface area contributed by atoms with Crippen LogP contribution < -0.4 is 14.8 Å². The van der Waals surface area contributed by atoms with E-state index >= 15 is 0 Å². The maximum atomic E-state index is 12.4. The van der Waals surface area contributed by atoms with Crippen molar-refractivity contribution in [3.05, 3.63) is 54.1 Å². The number of amides is 1. The summed E-state index contributed by atoms with van der Waals surface area (Å²) in [7, 11) is 1.39. The highest BCUT2D eigenvalue weighted by molar-refractivity contribution is 5.91. The molecule has 0 fully saturated rings. The maximum Gasteiger partial charge on any atom is 0.309 e. The smallest absolute Gasteiger partial charge is 0.309 e. The Bertz CT molecular complexity index is 840. The molecule has 7 nitrogen and oxygen atoms in total. The molecule has 1 aliphatic rings. The number of carbonyl (C=O) groups is 2. The number of hydrogen-bond donors (Lipinski definition) is 1. The summed E-state index contributed by atoms with van der Waals surface area (Å²) < 4.78 is 15.5. The summed E-state index contributed by atoms with van der Waals surface area (Å²) in [5, 5.41) is 2.89.